The molecule has 1 amide bonds. The summed E-state index contributed by atoms with van der Waals surface area (Å²) in [5.41, 5.74) is 6.50. The fraction of sp³-hybridized carbons (Fsp3) is 0.333. The van der Waals surface area contributed by atoms with Gasteiger partial charge in [0.15, 0.2) is 0 Å². The van der Waals surface area contributed by atoms with Crippen molar-refractivity contribution in [2.45, 2.75) is 53.0 Å². The third-order valence-corrected chi connectivity index (χ3v) is 7.98. The maximum absolute atomic E-state index is 14.1. The molecule has 7 heteroatoms. The first-order valence-corrected chi connectivity index (χ1v) is 13.6. The van der Waals surface area contributed by atoms with Gasteiger partial charge < -0.3 is 14.8 Å². The average Bonchev–Trinajstić information content (AvgIpc) is 3.16. The second kappa shape index (κ2) is 10.5. The largest absolute Gasteiger partial charge is 0.356 e. The molecule has 0 aliphatic carbocycles. The van der Waals surface area contributed by atoms with E-state index in [0.717, 1.165) is 59.0 Å². The Hall–Kier alpha value is -3.45. The number of fused-ring (bicyclic) bond motifs is 1. The molecule has 1 fully saturated rings. The van der Waals surface area contributed by atoms with Gasteiger partial charge >= 0.3 is 0 Å². The zero-order chi connectivity index (χ0) is 26.1. The van der Waals surface area contributed by atoms with Crippen LogP contribution in [0.15, 0.2) is 48.7 Å². The SMILES string of the molecule is CCc1cc2c(c(CC)c1[Si])c(CC)c(C(=O)Nc1ccc(N3CCC3)nc1)n2Cc1cccc(F)c1. The van der Waals surface area contributed by atoms with Crippen LogP contribution in [0.2, 0.25) is 0 Å². The number of halogens is 1. The van der Waals surface area contributed by atoms with E-state index in [-0.39, 0.29) is 11.7 Å². The topological polar surface area (TPSA) is 50.2 Å². The number of amides is 1. The lowest BCUT2D eigenvalue weighted by Gasteiger charge is -2.31. The highest BCUT2D eigenvalue weighted by molar-refractivity contribution is 6.36. The van der Waals surface area contributed by atoms with Gasteiger partial charge in [0.05, 0.1) is 22.1 Å². The normalized spacial score (nSPS) is 13.2. The van der Waals surface area contributed by atoms with Crippen LogP contribution in [0.5, 0.6) is 0 Å². The fourth-order valence-electron chi connectivity index (χ4n) is 5.34. The summed E-state index contributed by atoms with van der Waals surface area (Å²) >= 11 is 0. The number of carbonyl (C=O) groups excluding carboxylic acids is 1. The maximum Gasteiger partial charge on any atom is 0.272 e. The molecule has 0 bridgehead atoms. The van der Waals surface area contributed by atoms with Crippen LogP contribution in [-0.4, -0.2) is 38.8 Å². The molecule has 0 spiro atoms. The number of aromatic nitrogens is 2. The predicted octanol–water partition coefficient (Wildman–Crippen LogP) is 5.17. The van der Waals surface area contributed by atoms with E-state index in [9.17, 15) is 9.18 Å². The molecule has 2 aromatic heterocycles. The molecular formula is C30H32FN4OSi. The maximum atomic E-state index is 14.1. The first-order chi connectivity index (χ1) is 17.9. The van der Waals surface area contributed by atoms with Gasteiger partial charge in [-0.15, -0.1) is 0 Å². The Morgan fingerprint density at radius 1 is 1.05 bits per heavy atom. The molecule has 189 valence electrons. The lowest BCUT2D eigenvalue weighted by molar-refractivity contribution is 0.101. The van der Waals surface area contributed by atoms with Gasteiger partial charge in [-0.25, -0.2) is 9.37 Å². The molecule has 1 N–H and O–H groups in total. The second-order valence-corrected chi connectivity index (χ2v) is 10.1. The molecule has 0 unspecified atom stereocenters. The summed E-state index contributed by atoms with van der Waals surface area (Å²) < 4.78 is 16.2. The van der Waals surface area contributed by atoms with E-state index in [4.69, 9.17) is 0 Å². The zero-order valence-corrected chi connectivity index (χ0v) is 22.7. The van der Waals surface area contributed by atoms with Crippen molar-refractivity contribution < 1.29 is 9.18 Å². The number of anilines is 2. The third kappa shape index (κ3) is 4.68. The smallest absolute Gasteiger partial charge is 0.272 e. The van der Waals surface area contributed by atoms with Crippen LogP contribution in [-0.2, 0) is 25.8 Å². The minimum Gasteiger partial charge on any atom is -0.356 e. The Balaban J connectivity index is 1.64. The Kier molecular flexibility index (Phi) is 7.15. The summed E-state index contributed by atoms with van der Waals surface area (Å²) in [6, 6.07) is 12.6. The van der Waals surface area contributed by atoms with Gasteiger partial charge in [-0.05, 0) is 78.3 Å². The van der Waals surface area contributed by atoms with E-state index in [2.05, 4.69) is 56.8 Å². The predicted molar refractivity (Wildman–Crippen MR) is 150 cm³/mol. The van der Waals surface area contributed by atoms with Crippen LogP contribution in [0.25, 0.3) is 10.9 Å². The van der Waals surface area contributed by atoms with Gasteiger partial charge in [-0.3, -0.25) is 4.79 Å². The van der Waals surface area contributed by atoms with Gasteiger partial charge in [0.2, 0.25) is 0 Å². The lowest BCUT2D eigenvalue weighted by atomic mass is 9.97. The molecule has 5 nitrogen and oxygen atoms in total. The van der Waals surface area contributed by atoms with Gasteiger partial charge in [0.1, 0.15) is 17.3 Å². The highest BCUT2D eigenvalue weighted by atomic mass is 28.1. The minimum atomic E-state index is -0.282. The number of aryl methyl sites for hydroxylation is 3. The van der Waals surface area contributed by atoms with Crippen molar-refractivity contribution >= 4 is 43.7 Å². The molecule has 1 aliphatic heterocycles. The molecule has 0 atom stereocenters. The van der Waals surface area contributed by atoms with Crippen molar-refractivity contribution in [3.05, 3.63) is 82.4 Å². The summed E-state index contributed by atoms with van der Waals surface area (Å²) in [7, 11) is 3.91. The van der Waals surface area contributed by atoms with Gasteiger partial charge in [-0.2, -0.15) is 0 Å². The van der Waals surface area contributed by atoms with Gasteiger partial charge in [0.25, 0.3) is 5.91 Å². The standard InChI is InChI=1S/C30H32FN4OSi/c1-4-20-16-25-27(24(6-3)29(20)37)23(5-2)28(35(25)18-19-9-7-10-21(31)15-19)30(36)33-22-11-12-26(32-17-22)34-13-8-14-34/h7,9-12,15-17H,4-6,8,13-14,18H2,1-3H3,(H,33,36). The molecular weight excluding hydrogens is 479 g/mol. The number of nitrogens with one attached hydrogen (secondary N) is 1. The summed E-state index contributed by atoms with van der Waals surface area (Å²) in [6.07, 6.45) is 5.31. The summed E-state index contributed by atoms with van der Waals surface area (Å²) in [6.45, 7) is 8.81. The number of pyridine rings is 1. The molecule has 4 aromatic rings. The van der Waals surface area contributed by atoms with Crippen molar-refractivity contribution in [2.24, 2.45) is 0 Å². The molecule has 5 rings (SSSR count). The number of rotatable bonds is 8. The fourth-order valence-corrected chi connectivity index (χ4v) is 5.89. The van der Waals surface area contributed by atoms with Crippen LogP contribution in [0.3, 0.4) is 0 Å². The Labute approximate surface area is 221 Å². The Bertz CT molecular complexity index is 1460. The number of hydrogen-bond donors (Lipinski definition) is 1. The number of nitrogens with zero attached hydrogens (tertiary/aromatic N) is 3. The van der Waals surface area contributed by atoms with Crippen LogP contribution in [0, 0.1) is 5.82 Å². The average molecular weight is 512 g/mol. The molecule has 1 aliphatic rings. The van der Waals surface area contributed by atoms with Crippen molar-refractivity contribution in [1.29, 1.82) is 0 Å². The van der Waals surface area contributed by atoms with Crippen LogP contribution < -0.4 is 15.4 Å². The van der Waals surface area contributed by atoms with Gasteiger partial charge in [-0.1, -0.05) is 38.1 Å². The first-order valence-electron chi connectivity index (χ1n) is 13.1. The van der Waals surface area contributed by atoms with E-state index in [1.165, 1.54) is 29.7 Å². The molecule has 3 heterocycles. The first kappa shape index (κ1) is 25.2. The van der Waals surface area contributed by atoms with Crippen LogP contribution in [0.1, 0.15) is 59.9 Å². The summed E-state index contributed by atoms with van der Waals surface area (Å²) in [5.74, 6) is 0.469. The van der Waals surface area contributed by atoms with E-state index in [1.54, 1.807) is 12.3 Å². The van der Waals surface area contributed by atoms with Crippen LogP contribution in [0.4, 0.5) is 15.9 Å². The molecule has 1 saturated heterocycles. The molecule has 2 aromatic carbocycles. The Morgan fingerprint density at radius 2 is 1.84 bits per heavy atom. The van der Waals surface area contributed by atoms with Crippen molar-refractivity contribution in [3.8, 4) is 0 Å². The zero-order valence-electron chi connectivity index (χ0n) is 21.7. The number of carbonyl (C=O) groups is 1. The number of benzene rings is 2. The minimum absolute atomic E-state index is 0.182. The monoisotopic (exact) mass is 511 g/mol. The highest BCUT2D eigenvalue weighted by Crippen LogP contribution is 2.32. The van der Waals surface area contributed by atoms with Crippen molar-refractivity contribution in [3.63, 3.8) is 0 Å². The van der Waals surface area contributed by atoms with E-state index >= 15 is 0 Å². The lowest BCUT2D eigenvalue weighted by Crippen LogP contribution is -2.37. The molecule has 3 radical (unpaired) electrons. The third-order valence-electron chi connectivity index (χ3n) is 7.36. The van der Waals surface area contributed by atoms with E-state index < -0.39 is 0 Å². The van der Waals surface area contributed by atoms with E-state index in [0.29, 0.717) is 24.3 Å². The van der Waals surface area contributed by atoms with Gasteiger partial charge in [0, 0.05) is 30.5 Å². The second-order valence-electron chi connectivity index (χ2n) is 9.59. The van der Waals surface area contributed by atoms with Crippen molar-refractivity contribution in [2.75, 3.05) is 23.3 Å². The summed E-state index contributed by atoms with van der Waals surface area (Å²) in [5, 5.41) is 5.30. The quantitative estimate of drug-likeness (QED) is 0.332. The van der Waals surface area contributed by atoms with Crippen LogP contribution >= 0.6 is 0 Å². The summed E-state index contributed by atoms with van der Waals surface area (Å²) in [4.78, 5) is 20.7. The number of hydrogen-bond acceptors (Lipinski definition) is 3. The van der Waals surface area contributed by atoms with E-state index in [1.807, 2.05) is 18.2 Å². The highest BCUT2D eigenvalue weighted by Gasteiger charge is 2.26. The molecule has 37 heavy (non-hydrogen) atoms. The van der Waals surface area contributed by atoms with Crippen molar-refractivity contribution in [1.82, 2.24) is 9.55 Å². The Morgan fingerprint density at radius 3 is 2.43 bits per heavy atom. The molecule has 0 saturated carbocycles.